The first kappa shape index (κ1) is 12.7. The highest BCUT2D eigenvalue weighted by atomic mass is 32.1. The standard InChI is InChI=1S/C13H10FN3O2S/c1-8-15-11(7-20-8)6-17-13(18)19-12(16-17)9-2-4-10(14)5-3-9/h2-5,7H,6H2,1H3. The molecule has 0 N–H and O–H groups in total. The highest BCUT2D eigenvalue weighted by molar-refractivity contribution is 7.09. The van der Waals surface area contributed by atoms with Crippen molar-refractivity contribution in [1.29, 1.82) is 0 Å². The van der Waals surface area contributed by atoms with Crippen molar-refractivity contribution in [3.05, 3.63) is 56.7 Å². The predicted molar refractivity (Wildman–Crippen MR) is 72.1 cm³/mol. The van der Waals surface area contributed by atoms with E-state index in [4.69, 9.17) is 4.42 Å². The van der Waals surface area contributed by atoms with E-state index in [0.717, 1.165) is 10.7 Å². The van der Waals surface area contributed by atoms with Gasteiger partial charge < -0.3 is 4.42 Å². The summed E-state index contributed by atoms with van der Waals surface area (Å²) < 4.78 is 19.1. The minimum Gasteiger partial charge on any atom is -0.388 e. The van der Waals surface area contributed by atoms with Gasteiger partial charge in [-0.25, -0.2) is 14.2 Å². The van der Waals surface area contributed by atoms with Crippen molar-refractivity contribution in [3.8, 4) is 11.5 Å². The number of hydrogen-bond acceptors (Lipinski definition) is 5. The van der Waals surface area contributed by atoms with Gasteiger partial charge in [0.1, 0.15) is 5.82 Å². The molecule has 3 aromatic rings. The van der Waals surface area contributed by atoms with Gasteiger partial charge in [-0.2, -0.15) is 4.68 Å². The number of hydrogen-bond donors (Lipinski definition) is 0. The average molecular weight is 291 g/mol. The van der Waals surface area contributed by atoms with Crippen molar-refractivity contribution in [3.63, 3.8) is 0 Å². The topological polar surface area (TPSA) is 60.9 Å². The minimum absolute atomic E-state index is 0.168. The van der Waals surface area contributed by atoms with Gasteiger partial charge in [0.25, 0.3) is 0 Å². The van der Waals surface area contributed by atoms with Crippen LogP contribution < -0.4 is 5.76 Å². The molecule has 2 heterocycles. The molecule has 0 saturated heterocycles. The van der Waals surface area contributed by atoms with E-state index in [-0.39, 0.29) is 18.3 Å². The molecule has 20 heavy (non-hydrogen) atoms. The normalized spacial score (nSPS) is 10.9. The molecular weight excluding hydrogens is 281 g/mol. The molecule has 0 radical (unpaired) electrons. The van der Waals surface area contributed by atoms with Crippen molar-refractivity contribution >= 4 is 11.3 Å². The molecule has 1 aromatic carbocycles. The smallest absolute Gasteiger partial charge is 0.388 e. The molecule has 3 rings (SSSR count). The first-order valence-electron chi connectivity index (χ1n) is 5.87. The maximum Gasteiger partial charge on any atom is 0.437 e. The van der Waals surface area contributed by atoms with E-state index in [1.165, 1.54) is 40.3 Å². The van der Waals surface area contributed by atoms with E-state index in [1.807, 2.05) is 12.3 Å². The SMILES string of the molecule is Cc1nc(Cn2nc(-c3ccc(F)cc3)oc2=O)cs1. The van der Waals surface area contributed by atoms with Crippen molar-refractivity contribution in [2.75, 3.05) is 0 Å². The van der Waals surface area contributed by atoms with E-state index >= 15 is 0 Å². The third kappa shape index (κ3) is 2.53. The highest BCUT2D eigenvalue weighted by Gasteiger charge is 2.11. The fraction of sp³-hybridized carbons (Fsp3) is 0.154. The lowest BCUT2D eigenvalue weighted by molar-refractivity contribution is 0.493. The number of thiazole rings is 1. The number of aryl methyl sites for hydroxylation is 1. The second kappa shape index (κ2) is 5.01. The van der Waals surface area contributed by atoms with Crippen LogP contribution in [0.25, 0.3) is 11.5 Å². The summed E-state index contributed by atoms with van der Waals surface area (Å²) in [6.07, 6.45) is 0. The van der Waals surface area contributed by atoms with Crippen LogP contribution in [0, 0.1) is 12.7 Å². The molecule has 0 saturated carbocycles. The molecule has 102 valence electrons. The Morgan fingerprint density at radius 2 is 2.10 bits per heavy atom. The van der Waals surface area contributed by atoms with E-state index in [9.17, 15) is 9.18 Å². The first-order valence-corrected chi connectivity index (χ1v) is 6.75. The van der Waals surface area contributed by atoms with Gasteiger partial charge in [0.2, 0.25) is 5.89 Å². The molecule has 7 heteroatoms. The summed E-state index contributed by atoms with van der Waals surface area (Å²) in [6, 6.07) is 5.60. The van der Waals surface area contributed by atoms with Gasteiger partial charge in [-0.1, -0.05) is 0 Å². The highest BCUT2D eigenvalue weighted by Crippen LogP contribution is 2.16. The molecule has 0 atom stereocenters. The van der Waals surface area contributed by atoms with Crippen molar-refractivity contribution in [2.45, 2.75) is 13.5 Å². The molecular formula is C13H10FN3O2S. The van der Waals surface area contributed by atoms with Crippen LogP contribution in [0.1, 0.15) is 10.7 Å². The molecule has 0 spiro atoms. The quantitative estimate of drug-likeness (QED) is 0.743. The minimum atomic E-state index is -0.560. The van der Waals surface area contributed by atoms with Crippen LogP contribution in [0.4, 0.5) is 4.39 Å². The average Bonchev–Trinajstić information content (AvgIpc) is 2.98. The van der Waals surface area contributed by atoms with E-state index < -0.39 is 5.76 Å². The van der Waals surface area contributed by atoms with Gasteiger partial charge >= 0.3 is 5.76 Å². The molecule has 0 aliphatic carbocycles. The second-order valence-electron chi connectivity index (χ2n) is 4.20. The van der Waals surface area contributed by atoms with Gasteiger partial charge in [-0.05, 0) is 31.2 Å². The number of halogens is 1. The van der Waals surface area contributed by atoms with E-state index in [2.05, 4.69) is 10.1 Å². The maximum absolute atomic E-state index is 12.9. The lowest BCUT2D eigenvalue weighted by atomic mass is 10.2. The summed E-state index contributed by atoms with van der Waals surface area (Å²) in [4.78, 5) is 16.0. The first-order chi connectivity index (χ1) is 9.61. The zero-order valence-electron chi connectivity index (χ0n) is 10.5. The number of aromatic nitrogens is 3. The van der Waals surface area contributed by atoms with Gasteiger partial charge in [-0.3, -0.25) is 0 Å². The Morgan fingerprint density at radius 1 is 1.35 bits per heavy atom. The van der Waals surface area contributed by atoms with Crippen LogP contribution >= 0.6 is 11.3 Å². The summed E-state index contributed by atoms with van der Waals surface area (Å²) in [5, 5.41) is 6.89. The molecule has 0 amide bonds. The third-order valence-electron chi connectivity index (χ3n) is 2.68. The second-order valence-corrected chi connectivity index (χ2v) is 5.26. The lowest BCUT2D eigenvalue weighted by Crippen LogP contribution is -2.16. The molecule has 0 aliphatic rings. The van der Waals surface area contributed by atoms with Crippen LogP contribution in [0.3, 0.4) is 0 Å². The number of rotatable bonds is 3. The summed E-state index contributed by atoms with van der Waals surface area (Å²) in [7, 11) is 0. The number of nitrogens with zero attached hydrogens (tertiary/aromatic N) is 3. The molecule has 0 bridgehead atoms. The van der Waals surface area contributed by atoms with Crippen molar-refractivity contribution < 1.29 is 8.81 Å². The van der Waals surface area contributed by atoms with Crippen molar-refractivity contribution in [2.24, 2.45) is 0 Å². The van der Waals surface area contributed by atoms with Crippen LogP contribution in [0.5, 0.6) is 0 Å². The third-order valence-corrected chi connectivity index (χ3v) is 3.50. The maximum atomic E-state index is 12.9. The monoisotopic (exact) mass is 291 g/mol. The van der Waals surface area contributed by atoms with Crippen LogP contribution in [-0.2, 0) is 6.54 Å². The lowest BCUT2D eigenvalue weighted by Gasteiger charge is -1.94. The molecule has 2 aromatic heterocycles. The van der Waals surface area contributed by atoms with Gasteiger partial charge in [0.15, 0.2) is 0 Å². The summed E-state index contributed by atoms with van der Waals surface area (Å²) in [6.45, 7) is 2.15. The molecule has 0 fully saturated rings. The Morgan fingerprint density at radius 3 is 2.75 bits per heavy atom. The Kier molecular flexibility index (Phi) is 3.19. The molecule has 0 unspecified atom stereocenters. The zero-order valence-corrected chi connectivity index (χ0v) is 11.4. The van der Waals surface area contributed by atoms with E-state index in [1.54, 1.807) is 0 Å². The summed E-state index contributed by atoms with van der Waals surface area (Å²) in [5.74, 6) is -0.745. The fourth-order valence-electron chi connectivity index (χ4n) is 1.75. The molecule has 5 nitrogen and oxygen atoms in total. The summed E-state index contributed by atoms with van der Waals surface area (Å²) in [5.41, 5.74) is 1.31. The Hall–Kier alpha value is -2.28. The Labute approximate surface area is 117 Å². The Bertz CT molecular complexity index is 789. The number of benzene rings is 1. The van der Waals surface area contributed by atoms with E-state index in [0.29, 0.717) is 5.56 Å². The van der Waals surface area contributed by atoms with Crippen LogP contribution in [0.2, 0.25) is 0 Å². The molecule has 0 aliphatic heterocycles. The van der Waals surface area contributed by atoms with Crippen LogP contribution in [0.15, 0.2) is 38.9 Å². The zero-order chi connectivity index (χ0) is 14.1. The predicted octanol–water partition coefficient (Wildman–Crippen LogP) is 2.46. The van der Waals surface area contributed by atoms with Gasteiger partial charge in [0.05, 0.1) is 17.2 Å². The Balaban J connectivity index is 1.91. The van der Waals surface area contributed by atoms with Gasteiger partial charge in [-0.15, -0.1) is 16.4 Å². The summed E-state index contributed by atoms with van der Waals surface area (Å²) >= 11 is 1.51. The fourth-order valence-corrected chi connectivity index (χ4v) is 2.35. The van der Waals surface area contributed by atoms with Gasteiger partial charge in [0, 0.05) is 10.9 Å². The van der Waals surface area contributed by atoms with Crippen LogP contribution in [-0.4, -0.2) is 14.8 Å². The van der Waals surface area contributed by atoms with Crippen molar-refractivity contribution in [1.82, 2.24) is 14.8 Å². The largest absolute Gasteiger partial charge is 0.437 e.